The number of benzene rings is 2. The third-order valence-electron chi connectivity index (χ3n) is 4.20. The Hall–Kier alpha value is -2.72. The first-order chi connectivity index (χ1) is 14.1. The van der Waals surface area contributed by atoms with E-state index in [9.17, 15) is 9.90 Å². The predicted octanol–water partition coefficient (Wildman–Crippen LogP) is 2.15. The van der Waals surface area contributed by atoms with E-state index in [-0.39, 0.29) is 38.1 Å². The minimum atomic E-state index is -0.573. The lowest BCUT2D eigenvalue weighted by Gasteiger charge is -2.14. The number of likely N-dealkylation sites (N-methyl/N-ethyl adjacent to an activating group) is 1. The van der Waals surface area contributed by atoms with Gasteiger partial charge >= 0.3 is 0 Å². The smallest absolute Gasteiger partial charge is 0.261 e. The molecule has 1 atom stereocenters. The highest BCUT2D eigenvalue weighted by Gasteiger charge is 2.08. The molecule has 2 N–H and O–H groups in total. The molecular weight excluding hydrogens is 404 g/mol. The van der Waals surface area contributed by atoms with E-state index < -0.39 is 6.10 Å². The van der Waals surface area contributed by atoms with Crippen LogP contribution < -0.4 is 14.8 Å². The van der Waals surface area contributed by atoms with Gasteiger partial charge in [0, 0.05) is 13.6 Å². The second-order valence-electron chi connectivity index (χ2n) is 6.62. The maximum Gasteiger partial charge on any atom is 0.261 e. The van der Waals surface area contributed by atoms with E-state index in [1.807, 2.05) is 54.6 Å². The number of halogens is 1. The average Bonchev–Trinajstić information content (AvgIpc) is 2.75. The molecule has 0 aliphatic carbocycles. The van der Waals surface area contributed by atoms with Gasteiger partial charge in [-0.25, -0.2) is 0 Å². The third-order valence-corrected chi connectivity index (χ3v) is 4.20. The van der Waals surface area contributed by atoms with Gasteiger partial charge in [0.2, 0.25) is 0 Å². The number of carbonyl (C=O) groups is 1. The summed E-state index contributed by atoms with van der Waals surface area (Å²) in [6.45, 7) is 1.67. The van der Waals surface area contributed by atoms with Gasteiger partial charge in [0.05, 0.1) is 6.54 Å². The summed E-state index contributed by atoms with van der Waals surface area (Å²) in [7, 11) is 1.65. The van der Waals surface area contributed by atoms with E-state index in [0.29, 0.717) is 12.3 Å². The molecule has 7 heteroatoms. The number of rotatable bonds is 12. The Morgan fingerprint density at radius 1 is 1.13 bits per heavy atom. The zero-order valence-corrected chi connectivity index (χ0v) is 17.9. The third kappa shape index (κ3) is 9.66. The number of hydrogen-bond acceptors (Lipinski definition) is 5. The van der Waals surface area contributed by atoms with E-state index in [1.54, 1.807) is 7.05 Å². The second-order valence-corrected chi connectivity index (χ2v) is 6.62. The Kier molecular flexibility index (Phi) is 12.1. The van der Waals surface area contributed by atoms with Crippen LogP contribution in [0.3, 0.4) is 0 Å². The van der Waals surface area contributed by atoms with Crippen LogP contribution >= 0.6 is 12.4 Å². The van der Waals surface area contributed by atoms with Crippen molar-refractivity contribution in [1.29, 1.82) is 0 Å². The van der Waals surface area contributed by atoms with E-state index in [0.717, 1.165) is 24.3 Å². The molecule has 0 aliphatic rings. The molecule has 0 aliphatic heterocycles. The molecule has 162 valence electrons. The summed E-state index contributed by atoms with van der Waals surface area (Å²) in [5.74, 6) is 3.64. The molecule has 0 saturated carbocycles. The van der Waals surface area contributed by atoms with Crippen LogP contribution in [0.1, 0.15) is 5.56 Å². The molecule has 1 amide bonds. The van der Waals surface area contributed by atoms with Crippen molar-refractivity contribution >= 4 is 18.3 Å². The van der Waals surface area contributed by atoms with Crippen LogP contribution in [0.15, 0.2) is 54.6 Å². The molecule has 2 aromatic carbocycles. The van der Waals surface area contributed by atoms with Crippen molar-refractivity contribution in [3.63, 3.8) is 0 Å². The van der Waals surface area contributed by atoms with Crippen molar-refractivity contribution in [2.45, 2.75) is 12.5 Å². The van der Waals surface area contributed by atoms with Crippen LogP contribution in [-0.4, -0.2) is 61.9 Å². The van der Waals surface area contributed by atoms with Gasteiger partial charge < -0.3 is 24.8 Å². The van der Waals surface area contributed by atoms with Crippen LogP contribution in [0.4, 0.5) is 0 Å². The van der Waals surface area contributed by atoms with E-state index in [4.69, 9.17) is 15.9 Å². The predicted molar refractivity (Wildman–Crippen MR) is 120 cm³/mol. The van der Waals surface area contributed by atoms with Crippen LogP contribution in [0.2, 0.25) is 0 Å². The zero-order chi connectivity index (χ0) is 20.9. The first-order valence-corrected chi connectivity index (χ1v) is 9.54. The first-order valence-electron chi connectivity index (χ1n) is 9.54. The highest BCUT2D eigenvalue weighted by Crippen LogP contribution is 2.12. The molecule has 0 spiro atoms. The van der Waals surface area contributed by atoms with Gasteiger partial charge in [0.1, 0.15) is 24.2 Å². The number of carbonyl (C=O) groups excluding carboxylic acids is 1. The van der Waals surface area contributed by atoms with Crippen molar-refractivity contribution < 1.29 is 19.4 Å². The Bertz CT molecular complexity index is 778. The number of nitrogens with zero attached hydrogens (tertiary/aromatic N) is 1. The molecule has 0 radical (unpaired) electrons. The van der Waals surface area contributed by atoms with Crippen LogP contribution in [0, 0.1) is 12.3 Å². The number of para-hydroxylation sites is 1. The molecule has 0 fully saturated rings. The molecule has 2 aromatic rings. The highest BCUT2D eigenvalue weighted by atomic mass is 35.5. The normalized spacial score (nSPS) is 11.0. The fourth-order valence-electron chi connectivity index (χ4n) is 2.50. The number of aliphatic hydroxyl groups is 1. The van der Waals surface area contributed by atoms with Crippen LogP contribution in [-0.2, 0) is 11.2 Å². The number of terminal acetylenes is 1. The Morgan fingerprint density at radius 3 is 2.47 bits per heavy atom. The van der Waals surface area contributed by atoms with Gasteiger partial charge in [-0.15, -0.1) is 18.8 Å². The van der Waals surface area contributed by atoms with Crippen molar-refractivity contribution in [3.05, 3.63) is 60.2 Å². The van der Waals surface area contributed by atoms with E-state index >= 15 is 0 Å². The summed E-state index contributed by atoms with van der Waals surface area (Å²) in [6.07, 6.45) is 5.43. The average molecular weight is 433 g/mol. The quantitative estimate of drug-likeness (QED) is 0.397. The van der Waals surface area contributed by atoms with Gasteiger partial charge in [-0.3, -0.25) is 4.79 Å². The molecule has 1 unspecified atom stereocenters. The van der Waals surface area contributed by atoms with Gasteiger partial charge in [0.25, 0.3) is 5.91 Å². The lowest BCUT2D eigenvalue weighted by molar-refractivity contribution is -0.131. The summed E-state index contributed by atoms with van der Waals surface area (Å²) in [4.78, 5) is 13.2. The van der Waals surface area contributed by atoms with Gasteiger partial charge in [-0.2, -0.15) is 0 Å². The summed E-state index contributed by atoms with van der Waals surface area (Å²) in [6, 6.07) is 17.0. The van der Waals surface area contributed by atoms with Crippen LogP contribution in [0.25, 0.3) is 0 Å². The van der Waals surface area contributed by atoms with Gasteiger partial charge in [0.15, 0.2) is 6.61 Å². The topological polar surface area (TPSA) is 71.0 Å². The largest absolute Gasteiger partial charge is 0.491 e. The molecular formula is C23H29ClN2O4. The van der Waals surface area contributed by atoms with Crippen molar-refractivity contribution in [2.24, 2.45) is 0 Å². The zero-order valence-electron chi connectivity index (χ0n) is 17.1. The second kappa shape index (κ2) is 14.3. The van der Waals surface area contributed by atoms with Crippen molar-refractivity contribution in [2.75, 3.05) is 39.9 Å². The highest BCUT2D eigenvalue weighted by molar-refractivity contribution is 5.85. The molecule has 0 aromatic heterocycles. The number of nitrogens with one attached hydrogen (secondary N) is 1. The number of hydrogen-bond donors (Lipinski definition) is 2. The molecule has 0 saturated heterocycles. The Morgan fingerprint density at radius 2 is 1.80 bits per heavy atom. The number of aliphatic hydroxyl groups excluding tert-OH is 1. The molecule has 2 rings (SSSR count). The summed E-state index contributed by atoms with van der Waals surface area (Å²) in [5, 5.41) is 13.2. The summed E-state index contributed by atoms with van der Waals surface area (Å²) in [5.41, 5.74) is 1.13. The molecule has 0 heterocycles. The van der Waals surface area contributed by atoms with E-state index in [1.165, 1.54) is 4.90 Å². The van der Waals surface area contributed by atoms with Crippen molar-refractivity contribution in [1.82, 2.24) is 10.2 Å². The standard InChI is InChI=1S/C23H28N2O4.ClH/c1-3-15-25(2)23(27)18-29-22-11-9-19(10-12-22)13-14-24-16-20(26)17-28-21-7-5-4-6-8-21;/h1,4-12,20,24,26H,13-18H2,2H3;1H. The van der Waals surface area contributed by atoms with Gasteiger partial charge in [-0.05, 0) is 42.8 Å². The summed E-state index contributed by atoms with van der Waals surface area (Å²) < 4.78 is 11.0. The molecule has 30 heavy (non-hydrogen) atoms. The fraction of sp³-hybridized carbons (Fsp3) is 0.348. The Balaban J connectivity index is 0.00000450. The minimum Gasteiger partial charge on any atom is -0.491 e. The number of ether oxygens (including phenoxy) is 2. The monoisotopic (exact) mass is 432 g/mol. The molecule has 0 bridgehead atoms. The Labute approximate surface area is 184 Å². The summed E-state index contributed by atoms with van der Waals surface area (Å²) >= 11 is 0. The first kappa shape index (κ1) is 25.3. The molecule has 6 nitrogen and oxygen atoms in total. The van der Waals surface area contributed by atoms with E-state index in [2.05, 4.69) is 11.2 Å². The van der Waals surface area contributed by atoms with Crippen LogP contribution in [0.5, 0.6) is 11.5 Å². The van der Waals surface area contributed by atoms with Crippen molar-refractivity contribution in [3.8, 4) is 23.8 Å². The lowest BCUT2D eigenvalue weighted by Crippen LogP contribution is -2.32. The van der Waals surface area contributed by atoms with Gasteiger partial charge in [-0.1, -0.05) is 36.3 Å². The minimum absolute atomic E-state index is 0. The maximum atomic E-state index is 11.8. The lowest BCUT2D eigenvalue weighted by atomic mass is 10.1. The SMILES string of the molecule is C#CCN(C)C(=O)COc1ccc(CCNCC(O)COc2ccccc2)cc1.Cl. The fourth-order valence-corrected chi connectivity index (χ4v) is 2.50. The maximum absolute atomic E-state index is 11.8. The number of amides is 1.